The Morgan fingerprint density at radius 2 is 2.14 bits per heavy atom. The van der Waals surface area contributed by atoms with E-state index in [9.17, 15) is 4.79 Å². The van der Waals surface area contributed by atoms with E-state index < -0.39 is 0 Å². The molecule has 2 N–H and O–H groups in total. The van der Waals surface area contributed by atoms with E-state index in [1.54, 1.807) is 0 Å². The summed E-state index contributed by atoms with van der Waals surface area (Å²) >= 11 is 0. The molecule has 3 rings (SSSR count). The average molecular weight is 300 g/mol. The van der Waals surface area contributed by atoms with Gasteiger partial charge in [-0.1, -0.05) is 36.4 Å². The third kappa shape index (κ3) is 3.55. The van der Waals surface area contributed by atoms with Gasteiger partial charge in [-0.2, -0.15) is 0 Å². The number of rotatable bonds is 5. The van der Waals surface area contributed by atoms with Crippen LogP contribution in [0.5, 0.6) is 5.75 Å². The molecule has 2 aromatic rings. The molecule has 0 unspecified atom stereocenters. The maximum absolute atomic E-state index is 11.9. The summed E-state index contributed by atoms with van der Waals surface area (Å²) in [5.41, 5.74) is 0. The Bertz CT molecular complexity index is 633. The van der Waals surface area contributed by atoms with Crippen LogP contribution in [0.4, 0.5) is 0 Å². The second-order valence-corrected chi connectivity index (χ2v) is 5.20. The largest absolute Gasteiger partial charge is 0.491 e. The van der Waals surface area contributed by atoms with Crippen molar-refractivity contribution in [1.29, 1.82) is 0 Å². The fraction of sp³-hybridized carbons (Fsp3) is 0.353. The maximum Gasteiger partial charge on any atom is 0.239 e. The Balaban J connectivity index is 1.49. The van der Waals surface area contributed by atoms with Crippen LogP contribution in [0.1, 0.15) is 0 Å². The summed E-state index contributed by atoms with van der Waals surface area (Å²) in [5, 5.41) is 8.22. The van der Waals surface area contributed by atoms with Crippen molar-refractivity contribution in [3.05, 3.63) is 42.5 Å². The number of nitrogens with one attached hydrogen (secondary N) is 2. The molecule has 0 spiro atoms. The van der Waals surface area contributed by atoms with Gasteiger partial charge in [0.1, 0.15) is 18.4 Å². The third-order valence-corrected chi connectivity index (χ3v) is 3.65. The van der Waals surface area contributed by atoms with Gasteiger partial charge in [0.15, 0.2) is 0 Å². The number of fused-ring (bicyclic) bond motifs is 1. The van der Waals surface area contributed by atoms with Crippen LogP contribution in [-0.4, -0.2) is 44.9 Å². The van der Waals surface area contributed by atoms with Crippen molar-refractivity contribution >= 4 is 16.7 Å². The highest BCUT2D eigenvalue weighted by molar-refractivity contribution is 5.88. The van der Waals surface area contributed by atoms with E-state index in [0.29, 0.717) is 32.9 Å². The van der Waals surface area contributed by atoms with Crippen molar-refractivity contribution in [1.82, 2.24) is 10.6 Å². The summed E-state index contributed by atoms with van der Waals surface area (Å²) in [6.45, 7) is 2.71. The highest BCUT2D eigenvalue weighted by Crippen LogP contribution is 2.24. The van der Waals surface area contributed by atoms with Gasteiger partial charge >= 0.3 is 0 Å². The van der Waals surface area contributed by atoms with Gasteiger partial charge in [-0.05, 0) is 11.5 Å². The monoisotopic (exact) mass is 300 g/mol. The summed E-state index contributed by atoms with van der Waals surface area (Å²) in [7, 11) is 0. The van der Waals surface area contributed by atoms with E-state index in [1.807, 2.05) is 30.3 Å². The second-order valence-electron chi connectivity index (χ2n) is 5.20. The van der Waals surface area contributed by atoms with Crippen LogP contribution in [0.3, 0.4) is 0 Å². The number of benzene rings is 2. The first-order valence-electron chi connectivity index (χ1n) is 7.54. The van der Waals surface area contributed by atoms with Gasteiger partial charge in [-0.3, -0.25) is 4.79 Å². The summed E-state index contributed by atoms with van der Waals surface area (Å²) in [4.78, 5) is 11.9. The molecule has 1 heterocycles. The van der Waals surface area contributed by atoms with E-state index in [2.05, 4.69) is 22.8 Å². The minimum absolute atomic E-state index is 0.0405. The Kier molecular flexibility index (Phi) is 4.88. The van der Waals surface area contributed by atoms with Gasteiger partial charge in [-0.15, -0.1) is 0 Å². The number of hydrogen-bond donors (Lipinski definition) is 2. The summed E-state index contributed by atoms with van der Waals surface area (Å²) in [6.07, 6.45) is 0. The molecule has 0 radical (unpaired) electrons. The minimum Gasteiger partial charge on any atom is -0.491 e. The zero-order chi connectivity index (χ0) is 15.2. The highest BCUT2D eigenvalue weighted by atomic mass is 16.5. The SMILES string of the molecule is O=C(NCCOc1cccc2ccccc12)[C@@H]1COCCN1. The lowest BCUT2D eigenvalue weighted by atomic mass is 10.1. The van der Waals surface area contributed by atoms with Crippen molar-refractivity contribution in [2.45, 2.75) is 6.04 Å². The normalized spacial score (nSPS) is 18.1. The number of carbonyl (C=O) groups is 1. The number of ether oxygens (including phenoxy) is 2. The molecule has 1 amide bonds. The van der Waals surface area contributed by atoms with E-state index in [1.165, 1.54) is 0 Å². The standard InChI is InChI=1S/C17H20N2O3/c20-17(15-12-21-10-8-18-15)19-9-11-22-16-7-3-5-13-4-1-2-6-14(13)16/h1-7,15,18H,8-12H2,(H,19,20)/t15-/m0/s1. The molecule has 5 heteroatoms. The molecule has 22 heavy (non-hydrogen) atoms. The first kappa shape index (κ1) is 14.8. The van der Waals surface area contributed by atoms with Gasteiger partial charge in [0.2, 0.25) is 5.91 Å². The maximum atomic E-state index is 11.9. The van der Waals surface area contributed by atoms with E-state index >= 15 is 0 Å². The van der Waals surface area contributed by atoms with Crippen LogP contribution in [0.2, 0.25) is 0 Å². The van der Waals surface area contributed by atoms with Crippen molar-refractivity contribution in [2.75, 3.05) is 32.9 Å². The van der Waals surface area contributed by atoms with Crippen LogP contribution >= 0.6 is 0 Å². The van der Waals surface area contributed by atoms with Crippen LogP contribution in [-0.2, 0) is 9.53 Å². The fourth-order valence-corrected chi connectivity index (χ4v) is 2.51. The Hall–Kier alpha value is -2.11. The smallest absolute Gasteiger partial charge is 0.239 e. The lowest BCUT2D eigenvalue weighted by molar-refractivity contribution is -0.126. The third-order valence-electron chi connectivity index (χ3n) is 3.65. The van der Waals surface area contributed by atoms with Crippen LogP contribution < -0.4 is 15.4 Å². The van der Waals surface area contributed by atoms with Crippen LogP contribution in [0.25, 0.3) is 10.8 Å². The molecule has 5 nitrogen and oxygen atoms in total. The lowest BCUT2D eigenvalue weighted by Crippen LogP contribution is -2.51. The van der Waals surface area contributed by atoms with Crippen molar-refractivity contribution < 1.29 is 14.3 Å². The van der Waals surface area contributed by atoms with Crippen molar-refractivity contribution in [3.8, 4) is 5.75 Å². The van der Waals surface area contributed by atoms with Gasteiger partial charge < -0.3 is 20.1 Å². The quantitative estimate of drug-likeness (QED) is 0.818. The predicted octanol–water partition coefficient (Wildman–Crippen LogP) is 1.32. The molecular formula is C17H20N2O3. The van der Waals surface area contributed by atoms with Gasteiger partial charge in [-0.25, -0.2) is 0 Å². The van der Waals surface area contributed by atoms with E-state index in [4.69, 9.17) is 9.47 Å². The second kappa shape index (κ2) is 7.24. The van der Waals surface area contributed by atoms with E-state index in [0.717, 1.165) is 16.5 Å². The molecule has 2 aromatic carbocycles. The van der Waals surface area contributed by atoms with Crippen LogP contribution in [0, 0.1) is 0 Å². The number of hydrogen-bond acceptors (Lipinski definition) is 4. The number of carbonyl (C=O) groups excluding carboxylic acids is 1. The van der Waals surface area contributed by atoms with Gasteiger partial charge in [0.05, 0.1) is 19.8 Å². The first-order valence-corrected chi connectivity index (χ1v) is 7.54. The minimum atomic E-state index is -0.258. The van der Waals surface area contributed by atoms with Gasteiger partial charge in [0.25, 0.3) is 0 Å². The molecule has 1 aliphatic rings. The molecule has 0 aromatic heterocycles. The van der Waals surface area contributed by atoms with Crippen molar-refractivity contribution in [2.24, 2.45) is 0 Å². The van der Waals surface area contributed by atoms with Crippen LogP contribution in [0.15, 0.2) is 42.5 Å². The molecule has 0 bridgehead atoms. The number of morpholine rings is 1. The molecule has 1 saturated heterocycles. The Morgan fingerprint density at radius 1 is 1.27 bits per heavy atom. The first-order chi connectivity index (χ1) is 10.8. The molecule has 1 atom stereocenters. The predicted molar refractivity (Wildman–Crippen MR) is 85.1 cm³/mol. The summed E-state index contributed by atoms with van der Waals surface area (Å²) in [5.74, 6) is 0.799. The van der Waals surface area contributed by atoms with Gasteiger partial charge in [0, 0.05) is 11.9 Å². The zero-order valence-electron chi connectivity index (χ0n) is 12.4. The number of amides is 1. The van der Waals surface area contributed by atoms with E-state index in [-0.39, 0.29) is 11.9 Å². The fourth-order valence-electron chi connectivity index (χ4n) is 2.51. The molecule has 116 valence electrons. The molecule has 1 aliphatic heterocycles. The summed E-state index contributed by atoms with van der Waals surface area (Å²) < 4.78 is 11.1. The Labute approximate surface area is 129 Å². The average Bonchev–Trinajstić information content (AvgIpc) is 2.59. The molecule has 0 saturated carbocycles. The lowest BCUT2D eigenvalue weighted by Gasteiger charge is -2.22. The Morgan fingerprint density at radius 3 is 3.00 bits per heavy atom. The summed E-state index contributed by atoms with van der Waals surface area (Å²) in [6, 6.07) is 13.8. The van der Waals surface area contributed by atoms with Crippen molar-refractivity contribution in [3.63, 3.8) is 0 Å². The topological polar surface area (TPSA) is 59.6 Å². The molecular weight excluding hydrogens is 280 g/mol. The molecule has 0 aliphatic carbocycles. The highest BCUT2D eigenvalue weighted by Gasteiger charge is 2.20. The molecule has 1 fully saturated rings. The zero-order valence-corrected chi connectivity index (χ0v) is 12.4.